The van der Waals surface area contributed by atoms with E-state index in [1.54, 1.807) is 54.5 Å². The highest BCUT2D eigenvalue weighted by atomic mass is 16.5. The largest absolute Gasteiger partial charge is 0.497 e. The SMILES string of the molecule is COc1ccc(OC)c(NC(=O)COc2ccccc2C(=O)N2CCOCC2)c1. The minimum atomic E-state index is -0.384. The summed E-state index contributed by atoms with van der Waals surface area (Å²) in [6.07, 6.45) is 0. The Bertz CT molecular complexity index is 864. The van der Waals surface area contributed by atoms with E-state index in [0.717, 1.165) is 0 Å². The van der Waals surface area contributed by atoms with Gasteiger partial charge in [-0.15, -0.1) is 0 Å². The maximum absolute atomic E-state index is 12.8. The van der Waals surface area contributed by atoms with E-state index in [1.165, 1.54) is 7.11 Å². The molecule has 2 amide bonds. The number of rotatable bonds is 7. The van der Waals surface area contributed by atoms with Crippen LogP contribution in [0.15, 0.2) is 42.5 Å². The fourth-order valence-electron chi connectivity index (χ4n) is 2.95. The van der Waals surface area contributed by atoms with Gasteiger partial charge in [0, 0.05) is 19.2 Å². The van der Waals surface area contributed by atoms with E-state index in [4.69, 9.17) is 18.9 Å². The predicted octanol–water partition coefficient (Wildman–Crippen LogP) is 2.19. The van der Waals surface area contributed by atoms with E-state index in [2.05, 4.69) is 5.32 Å². The number of ether oxygens (including phenoxy) is 4. The van der Waals surface area contributed by atoms with Crippen LogP contribution < -0.4 is 19.5 Å². The van der Waals surface area contributed by atoms with Gasteiger partial charge < -0.3 is 29.2 Å². The summed E-state index contributed by atoms with van der Waals surface area (Å²) >= 11 is 0. The van der Waals surface area contributed by atoms with Crippen molar-refractivity contribution in [2.75, 3.05) is 52.4 Å². The average Bonchev–Trinajstić information content (AvgIpc) is 2.78. The summed E-state index contributed by atoms with van der Waals surface area (Å²) in [6, 6.07) is 12.0. The number of nitrogens with zero attached hydrogens (tertiary/aromatic N) is 1. The lowest BCUT2D eigenvalue weighted by Crippen LogP contribution is -2.40. The molecule has 29 heavy (non-hydrogen) atoms. The Morgan fingerprint density at radius 3 is 2.52 bits per heavy atom. The Morgan fingerprint density at radius 1 is 1.03 bits per heavy atom. The second kappa shape index (κ2) is 9.79. The Kier molecular flexibility index (Phi) is 6.91. The molecule has 2 aromatic rings. The first-order valence-electron chi connectivity index (χ1n) is 9.23. The third-order valence-electron chi connectivity index (χ3n) is 4.46. The topological polar surface area (TPSA) is 86.3 Å². The first-order valence-corrected chi connectivity index (χ1v) is 9.23. The monoisotopic (exact) mass is 400 g/mol. The van der Waals surface area contributed by atoms with E-state index in [9.17, 15) is 9.59 Å². The van der Waals surface area contributed by atoms with Gasteiger partial charge in [-0.05, 0) is 24.3 Å². The summed E-state index contributed by atoms with van der Waals surface area (Å²) in [4.78, 5) is 26.9. The smallest absolute Gasteiger partial charge is 0.262 e. The third kappa shape index (κ3) is 5.17. The second-order valence-electron chi connectivity index (χ2n) is 6.30. The molecule has 0 unspecified atom stereocenters. The highest BCUT2D eigenvalue weighted by Gasteiger charge is 2.22. The van der Waals surface area contributed by atoms with Gasteiger partial charge in [0.1, 0.15) is 17.2 Å². The van der Waals surface area contributed by atoms with Gasteiger partial charge in [0.2, 0.25) is 0 Å². The van der Waals surface area contributed by atoms with Crippen LogP contribution in [0.1, 0.15) is 10.4 Å². The number of benzene rings is 2. The fraction of sp³-hybridized carbons (Fsp3) is 0.333. The standard InChI is InChI=1S/C21H24N2O6/c1-26-15-7-8-19(27-2)17(13-15)22-20(24)14-29-18-6-4-3-5-16(18)21(25)23-9-11-28-12-10-23/h3-8,13H,9-12,14H2,1-2H3,(H,22,24). The molecule has 1 N–H and O–H groups in total. The highest BCUT2D eigenvalue weighted by molar-refractivity contribution is 5.97. The van der Waals surface area contributed by atoms with Crippen molar-refractivity contribution in [2.45, 2.75) is 0 Å². The van der Waals surface area contributed by atoms with Crippen LogP contribution in [0.3, 0.4) is 0 Å². The lowest BCUT2D eigenvalue weighted by atomic mass is 10.1. The van der Waals surface area contributed by atoms with Gasteiger partial charge in [-0.1, -0.05) is 12.1 Å². The van der Waals surface area contributed by atoms with E-state index in [1.807, 2.05) is 0 Å². The first kappa shape index (κ1) is 20.5. The van der Waals surface area contributed by atoms with Gasteiger partial charge in [0.05, 0.1) is 38.7 Å². The summed E-state index contributed by atoms with van der Waals surface area (Å²) < 4.78 is 21.4. The van der Waals surface area contributed by atoms with Gasteiger partial charge in [-0.2, -0.15) is 0 Å². The molecule has 0 radical (unpaired) electrons. The maximum atomic E-state index is 12.8. The number of para-hydroxylation sites is 1. The second-order valence-corrected chi connectivity index (χ2v) is 6.30. The molecule has 1 fully saturated rings. The molecule has 0 aromatic heterocycles. The van der Waals surface area contributed by atoms with Crippen molar-refractivity contribution in [3.63, 3.8) is 0 Å². The van der Waals surface area contributed by atoms with E-state index < -0.39 is 0 Å². The first-order chi connectivity index (χ1) is 14.1. The number of carbonyl (C=O) groups is 2. The molecule has 3 rings (SSSR count). The molecule has 1 aliphatic heterocycles. The number of hydrogen-bond donors (Lipinski definition) is 1. The summed E-state index contributed by atoms with van der Waals surface area (Å²) in [5.74, 6) is 0.922. The Hall–Kier alpha value is -3.26. The lowest BCUT2D eigenvalue weighted by Gasteiger charge is -2.27. The van der Waals surface area contributed by atoms with Crippen LogP contribution in [-0.4, -0.2) is 63.8 Å². The average molecular weight is 400 g/mol. The zero-order valence-electron chi connectivity index (χ0n) is 16.5. The van der Waals surface area contributed by atoms with Crippen LogP contribution in [0, 0.1) is 0 Å². The summed E-state index contributed by atoms with van der Waals surface area (Å²) in [6.45, 7) is 1.83. The van der Waals surface area contributed by atoms with Crippen LogP contribution in [0.4, 0.5) is 5.69 Å². The summed E-state index contributed by atoms with van der Waals surface area (Å²) in [5.41, 5.74) is 0.888. The molecule has 8 nitrogen and oxygen atoms in total. The van der Waals surface area contributed by atoms with Gasteiger partial charge in [-0.3, -0.25) is 9.59 Å². The molecule has 2 aromatic carbocycles. The molecule has 1 aliphatic rings. The minimum Gasteiger partial charge on any atom is -0.497 e. The number of methoxy groups -OCH3 is 2. The number of carbonyl (C=O) groups excluding carboxylic acids is 2. The Labute approximate surface area is 169 Å². The van der Waals surface area contributed by atoms with Crippen molar-refractivity contribution in [2.24, 2.45) is 0 Å². The van der Waals surface area contributed by atoms with Gasteiger partial charge in [0.15, 0.2) is 6.61 Å². The van der Waals surface area contributed by atoms with Crippen LogP contribution in [-0.2, 0) is 9.53 Å². The van der Waals surface area contributed by atoms with Crippen LogP contribution in [0.5, 0.6) is 17.2 Å². The van der Waals surface area contributed by atoms with Crippen molar-refractivity contribution in [3.05, 3.63) is 48.0 Å². The Balaban J connectivity index is 1.66. The zero-order valence-corrected chi connectivity index (χ0v) is 16.5. The molecule has 0 spiro atoms. The Morgan fingerprint density at radius 2 is 1.79 bits per heavy atom. The van der Waals surface area contributed by atoms with Crippen molar-refractivity contribution in [1.82, 2.24) is 4.90 Å². The lowest BCUT2D eigenvalue weighted by molar-refractivity contribution is -0.118. The van der Waals surface area contributed by atoms with Crippen molar-refractivity contribution in [3.8, 4) is 17.2 Å². The van der Waals surface area contributed by atoms with Crippen LogP contribution in [0.25, 0.3) is 0 Å². The molecule has 1 heterocycles. The molecule has 8 heteroatoms. The van der Waals surface area contributed by atoms with Crippen molar-refractivity contribution < 1.29 is 28.5 Å². The molecule has 0 atom stereocenters. The van der Waals surface area contributed by atoms with Gasteiger partial charge >= 0.3 is 0 Å². The third-order valence-corrected chi connectivity index (χ3v) is 4.46. The molecule has 1 saturated heterocycles. The molecule has 0 aliphatic carbocycles. The molecule has 0 bridgehead atoms. The predicted molar refractivity (Wildman–Crippen MR) is 107 cm³/mol. The highest BCUT2D eigenvalue weighted by Crippen LogP contribution is 2.29. The van der Waals surface area contributed by atoms with Gasteiger partial charge in [-0.25, -0.2) is 0 Å². The van der Waals surface area contributed by atoms with Gasteiger partial charge in [0.25, 0.3) is 11.8 Å². The normalized spacial score (nSPS) is 13.5. The molecule has 0 saturated carbocycles. The van der Waals surface area contributed by atoms with Crippen molar-refractivity contribution in [1.29, 1.82) is 0 Å². The zero-order chi connectivity index (χ0) is 20.6. The van der Waals surface area contributed by atoms with Crippen molar-refractivity contribution >= 4 is 17.5 Å². The number of hydrogen-bond acceptors (Lipinski definition) is 6. The van der Waals surface area contributed by atoms with E-state index >= 15 is 0 Å². The number of anilines is 1. The molecule has 154 valence electrons. The minimum absolute atomic E-state index is 0.140. The quantitative estimate of drug-likeness (QED) is 0.767. The fourth-order valence-corrected chi connectivity index (χ4v) is 2.95. The number of nitrogens with one attached hydrogen (secondary N) is 1. The number of morpholine rings is 1. The molecular formula is C21H24N2O6. The van der Waals surface area contributed by atoms with E-state index in [0.29, 0.717) is 54.8 Å². The summed E-state index contributed by atoms with van der Waals surface area (Å²) in [7, 11) is 3.06. The maximum Gasteiger partial charge on any atom is 0.262 e. The summed E-state index contributed by atoms with van der Waals surface area (Å²) in [5, 5.41) is 2.74. The molecular weight excluding hydrogens is 376 g/mol. The van der Waals surface area contributed by atoms with Crippen LogP contribution in [0.2, 0.25) is 0 Å². The van der Waals surface area contributed by atoms with Crippen LogP contribution >= 0.6 is 0 Å². The van der Waals surface area contributed by atoms with E-state index in [-0.39, 0.29) is 18.4 Å². The number of amides is 2.